The van der Waals surface area contributed by atoms with Crippen LogP contribution < -0.4 is 5.73 Å². The van der Waals surface area contributed by atoms with Gasteiger partial charge in [-0.2, -0.15) is 0 Å². The van der Waals surface area contributed by atoms with Gasteiger partial charge in [0.05, 0.1) is 18.1 Å². The Labute approximate surface area is 108 Å². The summed E-state index contributed by atoms with van der Waals surface area (Å²) in [4.78, 5) is 5.63. The molecule has 0 saturated carbocycles. The molecule has 1 aromatic rings. The zero-order chi connectivity index (χ0) is 13.6. The van der Waals surface area contributed by atoms with E-state index in [9.17, 15) is 8.42 Å². The van der Waals surface area contributed by atoms with E-state index in [1.54, 1.807) is 31.1 Å². The molecule has 0 atom stereocenters. The summed E-state index contributed by atoms with van der Waals surface area (Å²) in [7, 11) is 0.385. The van der Waals surface area contributed by atoms with Crippen molar-refractivity contribution in [1.29, 1.82) is 0 Å². The summed E-state index contributed by atoms with van der Waals surface area (Å²) in [6.45, 7) is 0.194. The van der Waals surface area contributed by atoms with Crippen molar-refractivity contribution in [2.24, 2.45) is 10.7 Å². The van der Waals surface area contributed by atoms with Gasteiger partial charge in [0.1, 0.15) is 0 Å². The van der Waals surface area contributed by atoms with E-state index >= 15 is 0 Å². The molecule has 2 N–H and O–H groups in total. The number of rotatable bonds is 5. The summed E-state index contributed by atoms with van der Waals surface area (Å²) >= 11 is 0. The van der Waals surface area contributed by atoms with E-state index in [-0.39, 0.29) is 18.1 Å². The van der Waals surface area contributed by atoms with E-state index in [0.29, 0.717) is 5.96 Å². The first-order chi connectivity index (χ1) is 8.41. The molecule has 5 nitrogen and oxygen atoms in total. The highest BCUT2D eigenvalue weighted by Crippen LogP contribution is 2.05. The molecule has 0 fully saturated rings. The van der Waals surface area contributed by atoms with Gasteiger partial charge in [0.15, 0.2) is 15.8 Å². The topological polar surface area (TPSA) is 75.8 Å². The quantitative estimate of drug-likeness (QED) is 0.623. The van der Waals surface area contributed by atoms with Crippen LogP contribution in [0.15, 0.2) is 35.3 Å². The third kappa shape index (κ3) is 5.18. The molecule has 18 heavy (non-hydrogen) atoms. The standard InChI is InChI=1S/C12H19N3O2S/c1-15(2)12(13)14-8-9-18(16,17)10-11-6-4-3-5-7-11/h3-7H,8-10H2,1-2H3,(H2,13,14). The first-order valence-corrected chi connectivity index (χ1v) is 7.44. The maximum absolute atomic E-state index is 11.8. The van der Waals surface area contributed by atoms with Crippen molar-refractivity contribution in [1.82, 2.24) is 4.90 Å². The van der Waals surface area contributed by atoms with Crippen LogP contribution in [0.25, 0.3) is 0 Å². The molecule has 0 saturated heterocycles. The van der Waals surface area contributed by atoms with Gasteiger partial charge in [-0.05, 0) is 5.56 Å². The lowest BCUT2D eigenvalue weighted by Gasteiger charge is -2.10. The number of hydrogen-bond acceptors (Lipinski definition) is 3. The van der Waals surface area contributed by atoms with E-state index in [4.69, 9.17) is 5.73 Å². The predicted octanol–water partition coefficient (Wildman–Crippen LogP) is 0.478. The van der Waals surface area contributed by atoms with Crippen LogP contribution in [0.1, 0.15) is 5.56 Å². The first-order valence-electron chi connectivity index (χ1n) is 5.62. The van der Waals surface area contributed by atoms with Crippen LogP contribution >= 0.6 is 0 Å². The van der Waals surface area contributed by atoms with Gasteiger partial charge in [-0.15, -0.1) is 0 Å². The van der Waals surface area contributed by atoms with Crippen molar-refractivity contribution in [2.75, 3.05) is 26.4 Å². The fraction of sp³-hybridized carbons (Fsp3) is 0.417. The molecule has 0 heterocycles. The summed E-state index contributed by atoms with van der Waals surface area (Å²) in [5.41, 5.74) is 6.37. The second-order valence-corrected chi connectivity index (χ2v) is 6.40. The Morgan fingerprint density at radius 1 is 1.28 bits per heavy atom. The molecule has 0 aliphatic carbocycles. The van der Waals surface area contributed by atoms with E-state index in [0.717, 1.165) is 5.56 Å². The number of benzene rings is 1. The van der Waals surface area contributed by atoms with Crippen LogP contribution in [0.5, 0.6) is 0 Å². The molecule has 0 aromatic heterocycles. The van der Waals surface area contributed by atoms with Crippen LogP contribution in [0.2, 0.25) is 0 Å². The van der Waals surface area contributed by atoms with Gasteiger partial charge in [-0.1, -0.05) is 30.3 Å². The van der Waals surface area contributed by atoms with Crippen molar-refractivity contribution in [2.45, 2.75) is 5.75 Å². The number of aliphatic imine (C=N–C) groups is 1. The van der Waals surface area contributed by atoms with Gasteiger partial charge in [0.25, 0.3) is 0 Å². The third-order valence-electron chi connectivity index (χ3n) is 2.36. The molecule has 0 aliphatic heterocycles. The number of hydrogen-bond donors (Lipinski definition) is 1. The van der Waals surface area contributed by atoms with Gasteiger partial charge >= 0.3 is 0 Å². The molecule has 1 aromatic carbocycles. The van der Waals surface area contributed by atoms with Gasteiger partial charge < -0.3 is 10.6 Å². The Morgan fingerprint density at radius 3 is 2.44 bits per heavy atom. The Bertz CT molecular complexity index is 495. The van der Waals surface area contributed by atoms with Crippen LogP contribution in [0.3, 0.4) is 0 Å². The molecule has 0 bridgehead atoms. The number of guanidine groups is 1. The minimum absolute atomic E-state index is 0.0104. The summed E-state index contributed by atoms with van der Waals surface area (Å²) in [5, 5.41) is 0. The van der Waals surface area contributed by atoms with E-state index in [1.165, 1.54) is 0 Å². The summed E-state index contributed by atoms with van der Waals surface area (Å²) in [6.07, 6.45) is 0. The Balaban J connectivity index is 2.54. The highest BCUT2D eigenvalue weighted by molar-refractivity contribution is 7.90. The SMILES string of the molecule is CN(C)C(N)=NCCS(=O)(=O)Cc1ccccc1. The average molecular weight is 269 g/mol. The largest absolute Gasteiger partial charge is 0.370 e. The Hall–Kier alpha value is -1.56. The molecule has 100 valence electrons. The zero-order valence-corrected chi connectivity index (χ0v) is 11.5. The normalized spacial score (nSPS) is 12.4. The molecule has 6 heteroatoms. The Morgan fingerprint density at radius 2 is 1.89 bits per heavy atom. The second-order valence-electron chi connectivity index (χ2n) is 4.21. The van der Waals surface area contributed by atoms with Crippen LogP contribution in [0, 0.1) is 0 Å². The van der Waals surface area contributed by atoms with Crippen molar-refractivity contribution in [3.05, 3.63) is 35.9 Å². The number of nitrogens with two attached hydrogens (primary N) is 1. The lowest BCUT2D eigenvalue weighted by Crippen LogP contribution is -2.31. The summed E-state index contributed by atoms with van der Waals surface area (Å²) in [6, 6.07) is 9.11. The molecule has 1 rings (SSSR count). The molecule has 0 radical (unpaired) electrons. The van der Waals surface area contributed by atoms with Crippen molar-refractivity contribution in [3.63, 3.8) is 0 Å². The number of nitrogens with zero attached hydrogens (tertiary/aromatic N) is 2. The van der Waals surface area contributed by atoms with Gasteiger partial charge in [0, 0.05) is 14.1 Å². The molecular weight excluding hydrogens is 250 g/mol. The first kappa shape index (κ1) is 14.5. The van der Waals surface area contributed by atoms with Crippen molar-refractivity contribution < 1.29 is 8.42 Å². The van der Waals surface area contributed by atoms with Gasteiger partial charge in [-0.3, -0.25) is 4.99 Å². The lowest BCUT2D eigenvalue weighted by molar-refractivity contribution is 0.593. The maximum Gasteiger partial charge on any atom is 0.190 e. The molecule has 0 amide bonds. The van der Waals surface area contributed by atoms with E-state index in [2.05, 4.69) is 4.99 Å². The van der Waals surface area contributed by atoms with Gasteiger partial charge in [0.2, 0.25) is 0 Å². The Kier molecular flexibility index (Phi) is 5.15. The summed E-state index contributed by atoms with van der Waals surface area (Å²) in [5.74, 6) is 0.395. The van der Waals surface area contributed by atoms with Crippen LogP contribution in [-0.2, 0) is 15.6 Å². The molecule has 0 aliphatic rings. The third-order valence-corrected chi connectivity index (χ3v) is 3.94. The second kappa shape index (κ2) is 6.39. The predicted molar refractivity (Wildman–Crippen MR) is 74.1 cm³/mol. The lowest BCUT2D eigenvalue weighted by atomic mass is 10.2. The summed E-state index contributed by atoms with van der Waals surface area (Å²) < 4.78 is 23.7. The minimum atomic E-state index is -3.14. The highest BCUT2D eigenvalue weighted by atomic mass is 32.2. The number of sulfone groups is 1. The van der Waals surface area contributed by atoms with Crippen molar-refractivity contribution in [3.8, 4) is 0 Å². The smallest absolute Gasteiger partial charge is 0.190 e. The molecule has 0 unspecified atom stereocenters. The fourth-order valence-electron chi connectivity index (χ4n) is 1.34. The van der Waals surface area contributed by atoms with Crippen molar-refractivity contribution >= 4 is 15.8 Å². The average Bonchev–Trinajstić information content (AvgIpc) is 2.29. The molecule has 0 spiro atoms. The maximum atomic E-state index is 11.8. The van der Waals surface area contributed by atoms with Crippen LogP contribution in [0.4, 0.5) is 0 Å². The van der Waals surface area contributed by atoms with Gasteiger partial charge in [-0.25, -0.2) is 8.42 Å². The molecular formula is C12H19N3O2S. The van der Waals surface area contributed by atoms with E-state index < -0.39 is 9.84 Å². The fourth-order valence-corrected chi connectivity index (χ4v) is 2.56. The zero-order valence-electron chi connectivity index (χ0n) is 10.7. The monoisotopic (exact) mass is 269 g/mol. The van der Waals surface area contributed by atoms with Crippen LogP contribution in [-0.4, -0.2) is 45.7 Å². The minimum Gasteiger partial charge on any atom is -0.370 e. The highest BCUT2D eigenvalue weighted by Gasteiger charge is 2.11. The van der Waals surface area contributed by atoms with E-state index in [1.807, 2.05) is 18.2 Å².